The molecule has 0 fully saturated rings. The number of aromatic nitrogens is 2. The highest BCUT2D eigenvalue weighted by Gasteiger charge is 2.25. The molecule has 1 amide bonds. The molecule has 6 heteroatoms. The summed E-state index contributed by atoms with van der Waals surface area (Å²) in [6.07, 6.45) is 4.81. The van der Waals surface area contributed by atoms with Crippen molar-refractivity contribution < 1.29 is 13.6 Å². The van der Waals surface area contributed by atoms with E-state index in [1.165, 1.54) is 12.3 Å². The van der Waals surface area contributed by atoms with E-state index in [1.807, 2.05) is 0 Å². The van der Waals surface area contributed by atoms with Crippen molar-refractivity contribution in [2.75, 3.05) is 0 Å². The lowest BCUT2D eigenvalue weighted by Crippen LogP contribution is -2.31. The van der Waals surface area contributed by atoms with Crippen molar-refractivity contribution in [3.8, 4) is 0 Å². The Hall–Kier alpha value is -2.89. The highest BCUT2D eigenvalue weighted by atomic mass is 19.1. The van der Waals surface area contributed by atoms with Crippen molar-refractivity contribution in [3.05, 3.63) is 77.5 Å². The summed E-state index contributed by atoms with van der Waals surface area (Å²) in [5.74, 6) is 0.316. The summed E-state index contributed by atoms with van der Waals surface area (Å²) in [5, 5.41) is 2.84. The molecule has 0 saturated heterocycles. The van der Waals surface area contributed by atoms with E-state index in [4.69, 9.17) is 4.42 Å². The van der Waals surface area contributed by atoms with Gasteiger partial charge in [0.15, 0.2) is 0 Å². The molecule has 2 aromatic heterocycles. The molecule has 3 aromatic rings. The maximum absolute atomic E-state index is 14.2. The van der Waals surface area contributed by atoms with Crippen LogP contribution in [0.3, 0.4) is 0 Å². The molecule has 0 bridgehead atoms. The first-order valence-corrected chi connectivity index (χ1v) is 7.14. The van der Waals surface area contributed by atoms with Gasteiger partial charge in [0, 0.05) is 25.0 Å². The number of hydrogen-bond donors (Lipinski definition) is 1. The number of nitrogens with one attached hydrogen (secondary N) is 1. The predicted octanol–water partition coefficient (Wildman–Crippen LogP) is 2.98. The van der Waals surface area contributed by atoms with Crippen LogP contribution in [0.4, 0.5) is 4.39 Å². The van der Waals surface area contributed by atoms with Gasteiger partial charge in [0.05, 0.1) is 11.8 Å². The van der Waals surface area contributed by atoms with Crippen LogP contribution in [0.1, 0.15) is 33.5 Å². The summed E-state index contributed by atoms with van der Waals surface area (Å²) in [5.41, 5.74) is 0.775. The minimum absolute atomic E-state index is 0.340. The molecule has 1 N–H and O–H groups in total. The molecule has 0 aliphatic heterocycles. The molecule has 5 nitrogen and oxygen atoms in total. The number of nitrogens with zero attached hydrogens (tertiary/aromatic N) is 2. The van der Waals surface area contributed by atoms with E-state index in [2.05, 4.69) is 10.3 Å². The van der Waals surface area contributed by atoms with Crippen LogP contribution < -0.4 is 5.32 Å². The highest BCUT2D eigenvalue weighted by Crippen LogP contribution is 2.24. The number of imidazole rings is 1. The molecular formula is C17H16FN3O2. The van der Waals surface area contributed by atoms with E-state index in [0.29, 0.717) is 22.7 Å². The van der Waals surface area contributed by atoms with Gasteiger partial charge in [-0.1, -0.05) is 18.2 Å². The molecule has 23 heavy (non-hydrogen) atoms. The number of hydrogen-bond acceptors (Lipinski definition) is 3. The Balaban J connectivity index is 2.00. The van der Waals surface area contributed by atoms with Gasteiger partial charge in [-0.05, 0) is 19.1 Å². The molecule has 0 radical (unpaired) electrons. The van der Waals surface area contributed by atoms with E-state index in [1.54, 1.807) is 55.2 Å². The molecule has 3 rings (SSSR count). The monoisotopic (exact) mass is 313 g/mol. The number of rotatable bonds is 4. The average Bonchev–Trinajstić information content (AvgIpc) is 3.14. The summed E-state index contributed by atoms with van der Waals surface area (Å²) in [6.45, 7) is 1.70. The number of halogens is 1. The van der Waals surface area contributed by atoms with Crippen LogP contribution in [0.5, 0.6) is 0 Å². The predicted molar refractivity (Wildman–Crippen MR) is 82.4 cm³/mol. The lowest BCUT2D eigenvalue weighted by molar-refractivity contribution is 0.0939. The minimum Gasteiger partial charge on any atom is -0.469 e. The zero-order chi connectivity index (χ0) is 16.4. The zero-order valence-corrected chi connectivity index (χ0v) is 12.8. The van der Waals surface area contributed by atoms with Gasteiger partial charge >= 0.3 is 0 Å². The fourth-order valence-corrected chi connectivity index (χ4v) is 2.48. The normalized spacial score (nSPS) is 12.1. The second-order valence-corrected chi connectivity index (χ2v) is 5.21. The van der Waals surface area contributed by atoms with Gasteiger partial charge in [-0.2, -0.15) is 0 Å². The fraction of sp³-hybridized carbons (Fsp3) is 0.176. The van der Waals surface area contributed by atoms with E-state index in [9.17, 15) is 9.18 Å². The third-order valence-corrected chi connectivity index (χ3v) is 3.71. The van der Waals surface area contributed by atoms with Crippen LogP contribution in [-0.4, -0.2) is 15.5 Å². The maximum Gasteiger partial charge on any atom is 0.255 e. The number of carbonyl (C=O) groups excluding carboxylic acids is 1. The van der Waals surface area contributed by atoms with Gasteiger partial charge in [-0.3, -0.25) is 4.79 Å². The Morgan fingerprint density at radius 1 is 1.35 bits per heavy atom. The molecular weight excluding hydrogens is 297 g/mol. The van der Waals surface area contributed by atoms with Crippen molar-refractivity contribution in [2.24, 2.45) is 7.05 Å². The Morgan fingerprint density at radius 3 is 2.74 bits per heavy atom. The molecule has 0 aliphatic rings. The van der Waals surface area contributed by atoms with Gasteiger partial charge < -0.3 is 14.3 Å². The molecule has 0 spiro atoms. The van der Waals surface area contributed by atoms with Gasteiger partial charge in [-0.25, -0.2) is 9.37 Å². The van der Waals surface area contributed by atoms with Gasteiger partial charge in [0.1, 0.15) is 23.4 Å². The van der Waals surface area contributed by atoms with Gasteiger partial charge in [0.2, 0.25) is 0 Å². The molecule has 0 aliphatic carbocycles. The summed E-state index contributed by atoms with van der Waals surface area (Å²) < 4.78 is 21.1. The summed E-state index contributed by atoms with van der Waals surface area (Å²) >= 11 is 0. The van der Waals surface area contributed by atoms with E-state index >= 15 is 0 Å². The SMILES string of the molecule is Cc1occc1C(=O)N[C@@H](c1ccccc1F)c1nccn1C. The first kappa shape index (κ1) is 15.0. The Morgan fingerprint density at radius 2 is 2.13 bits per heavy atom. The Kier molecular flexibility index (Phi) is 3.97. The molecule has 1 aromatic carbocycles. The Labute approximate surface area is 132 Å². The molecule has 2 heterocycles. The average molecular weight is 313 g/mol. The van der Waals surface area contributed by atoms with Crippen molar-refractivity contribution in [3.63, 3.8) is 0 Å². The maximum atomic E-state index is 14.2. The van der Waals surface area contributed by atoms with Crippen LogP contribution in [0.15, 0.2) is 53.4 Å². The van der Waals surface area contributed by atoms with E-state index < -0.39 is 11.9 Å². The lowest BCUT2D eigenvalue weighted by atomic mass is 10.0. The van der Waals surface area contributed by atoms with Crippen molar-refractivity contribution in [1.29, 1.82) is 0 Å². The second kappa shape index (κ2) is 6.08. The van der Waals surface area contributed by atoms with Crippen LogP contribution >= 0.6 is 0 Å². The van der Waals surface area contributed by atoms with Gasteiger partial charge in [0.25, 0.3) is 5.91 Å². The number of furan rings is 1. The van der Waals surface area contributed by atoms with Crippen LogP contribution in [0, 0.1) is 12.7 Å². The summed E-state index contributed by atoms with van der Waals surface area (Å²) in [6, 6.07) is 7.22. The Bertz CT molecular complexity index is 838. The van der Waals surface area contributed by atoms with Crippen molar-refractivity contribution >= 4 is 5.91 Å². The fourth-order valence-electron chi connectivity index (χ4n) is 2.48. The largest absolute Gasteiger partial charge is 0.469 e. The summed E-state index contributed by atoms with van der Waals surface area (Å²) in [7, 11) is 1.80. The first-order chi connectivity index (χ1) is 11.1. The molecule has 118 valence electrons. The molecule has 0 saturated carbocycles. The van der Waals surface area contributed by atoms with Crippen LogP contribution in [0.25, 0.3) is 0 Å². The molecule has 0 unspecified atom stereocenters. The number of carbonyl (C=O) groups is 1. The number of amides is 1. The van der Waals surface area contributed by atoms with E-state index in [0.717, 1.165) is 0 Å². The van der Waals surface area contributed by atoms with Crippen LogP contribution in [-0.2, 0) is 7.05 Å². The second-order valence-electron chi connectivity index (χ2n) is 5.21. The van der Waals surface area contributed by atoms with Gasteiger partial charge in [-0.15, -0.1) is 0 Å². The zero-order valence-electron chi connectivity index (χ0n) is 12.8. The van der Waals surface area contributed by atoms with Crippen molar-refractivity contribution in [1.82, 2.24) is 14.9 Å². The van der Waals surface area contributed by atoms with Crippen LogP contribution in [0.2, 0.25) is 0 Å². The quantitative estimate of drug-likeness (QED) is 0.805. The number of benzene rings is 1. The first-order valence-electron chi connectivity index (χ1n) is 7.14. The van der Waals surface area contributed by atoms with Crippen molar-refractivity contribution in [2.45, 2.75) is 13.0 Å². The standard InChI is InChI=1S/C17H16FN3O2/c1-11-12(7-10-23-11)17(22)20-15(16-19-8-9-21(16)2)13-5-3-4-6-14(13)18/h3-10,15H,1-2H3,(H,20,22)/t15-/m0/s1. The lowest BCUT2D eigenvalue weighted by Gasteiger charge is -2.19. The smallest absolute Gasteiger partial charge is 0.255 e. The summed E-state index contributed by atoms with van der Waals surface area (Å²) in [4.78, 5) is 16.7. The third kappa shape index (κ3) is 2.88. The minimum atomic E-state index is -0.696. The topological polar surface area (TPSA) is 60.1 Å². The molecule has 1 atom stereocenters. The number of aryl methyl sites for hydroxylation is 2. The van der Waals surface area contributed by atoms with E-state index in [-0.39, 0.29) is 5.91 Å². The third-order valence-electron chi connectivity index (χ3n) is 3.71. The highest BCUT2D eigenvalue weighted by molar-refractivity contribution is 5.95.